The fourth-order valence-electron chi connectivity index (χ4n) is 1.85. The lowest BCUT2D eigenvalue weighted by Gasteiger charge is -2.01. The van der Waals surface area contributed by atoms with Gasteiger partial charge in [-0.25, -0.2) is 9.37 Å². The van der Waals surface area contributed by atoms with E-state index >= 15 is 0 Å². The van der Waals surface area contributed by atoms with Crippen molar-refractivity contribution in [1.29, 1.82) is 0 Å². The lowest BCUT2D eigenvalue weighted by Crippen LogP contribution is -1.92. The van der Waals surface area contributed by atoms with Gasteiger partial charge in [0.05, 0.1) is 12.6 Å². The Hall–Kier alpha value is -2.63. The van der Waals surface area contributed by atoms with Crippen LogP contribution in [0, 0.1) is 5.82 Å². The van der Waals surface area contributed by atoms with Crippen LogP contribution in [0.15, 0.2) is 30.3 Å². The van der Waals surface area contributed by atoms with Crippen LogP contribution in [-0.2, 0) is 0 Å². The van der Waals surface area contributed by atoms with Gasteiger partial charge in [-0.05, 0) is 24.3 Å². The number of nitrogen functional groups attached to an aromatic ring is 1. The summed E-state index contributed by atoms with van der Waals surface area (Å²) in [4.78, 5) is 11.5. The molecule has 1 aromatic carbocycles. The van der Waals surface area contributed by atoms with Crippen molar-refractivity contribution in [3.05, 3.63) is 36.1 Å². The number of nitrogens with one attached hydrogen (secondary N) is 1. The molecule has 3 rings (SSSR count). The van der Waals surface area contributed by atoms with E-state index in [4.69, 9.17) is 10.5 Å². The zero-order valence-corrected chi connectivity index (χ0v) is 10.1. The second-order valence-corrected chi connectivity index (χ2v) is 4.04. The first kappa shape index (κ1) is 11.5. The van der Waals surface area contributed by atoms with E-state index in [1.54, 1.807) is 12.1 Å². The van der Waals surface area contributed by atoms with Gasteiger partial charge in [-0.15, -0.1) is 0 Å². The van der Waals surface area contributed by atoms with Crippen LogP contribution in [-0.4, -0.2) is 22.1 Å². The zero-order valence-electron chi connectivity index (χ0n) is 10.1. The second-order valence-electron chi connectivity index (χ2n) is 4.04. The first-order valence-electron chi connectivity index (χ1n) is 5.63. The van der Waals surface area contributed by atoms with Crippen molar-refractivity contribution in [3.8, 4) is 17.3 Å². The number of methoxy groups -OCH3 is 1. The highest BCUT2D eigenvalue weighted by Gasteiger charge is 2.10. The van der Waals surface area contributed by atoms with Crippen molar-refractivity contribution >= 4 is 16.9 Å². The number of ether oxygens (including phenoxy) is 1. The molecule has 5 nitrogen and oxygen atoms in total. The molecule has 2 aromatic heterocycles. The molecule has 2 heterocycles. The summed E-state index contributed by atoms with van der Waals surface area (Å²) in [6.45, 7) is 0. The van der Waals surface area contributed by atoms with Crippen LogP contribution in [0.4, 0.5) is 10.1 Å². The highest BCUT2D eigenvalue weighted by atomic mass is 19.1. The number of benzene rings is 1. The number of anilines is 1. The summed E-state index contributed by atoms with van der Waals surface area (Å²) in [5.41, 5.74) is 8.02. The number of H-pyrrole nitrogens is 1. The monoisotopic (exact) mass is 258 g/mol. The molecule has 0 unspecified atom stereocenters. The Morgan fingerprint density at radius 1 is 1.21 bits per heavy atom. The fourth-order valence-corrected chi connectivity index (χ4v) is 1.85. The normalized spacial score (nSPS) is 10.8. The van der Waals surface area contributed by atoms with E-state index in [2.05, 4.69) is 15.0 Å². The average molecular weight is 258 g/mol. The van der Waals surface area contributed by atoms with Crippen LogP contribution in [0.5, 0.6) is 5.88 Å². The molecule has 0 spiro atoms. The van der Waals surface area contributed by atoms with Crippen LogP contribution in [0.2, 0.25) is 0 Å². The number of imidazole rings is 1. The third-order valence-corrected chi connectivity index (χ3v) is 2.80. The lowest BCUT2D eigenvalue weighted by molar-refractivity contribution is 0.399. The van der Waals surface area contributed by atoms with Gasteiger partial charge in [0, 0.05) is 17.3 Å². The topological polar surface area (TPSA) is 76.8 Å². The SMILES string of the molecule is COc1ccc2[nH]c(-c3cc(F)ccc3N)nc2n1. The Kier molecular flexibility index (Phi) is 2.56. The number of fused-ring (bicyclic) bond motifs is 1. The average Bonchev–Trinajstić information content (AvgIpc) is 2.83. The molecule has 3 aromatic rings. The van der Waals surface area contributed by atoms with Gasteiger partial charge in [-0.1, -0.05) is 0 Å². The summed E-state index contributed by atoms with van der Waals surface area (Å²) in [6, 6.07) is 7.67. The maximum Gasteiger partial charge on any atom is 0.215 e. The molecule has 0 saturated carbocycles. The number of hydrogen-bond donors (Lipinski definition) is 2. The van der Waals surface area contributed by atoms with E-state index < -0.39 is 0 Å². The molecule has 0 atom stereocenters. The number of rotatable bonds is 2. The number of nitrogens with zero attached hydrogens (tertiary/aromatic N) is 2. The van der Waals surface area contributed by atoms with E-state index in [1.807, 2.05) is 0 Å². The number of hydrogen-bond acceptors (Lipinski definition) is 4. The summed E-state index contributed by atoms with van der Waals surface area (Å²) in [7, 11) is 1.53. The molecule has 0 fully saturated rings. The van der Waals surface area contributed by atoms with Gasteiger partial charge >= 0.3 is 0 Å². The highest BCUT2D eigenvalue weighted by molar-refractivity contribution is 5.80. The van der Waals surface area contributed by atoms with Crippen molar-refractivity contribution in [2.45, 2.75) is 0 Å². The molecular weight excluding hydrogens is 247 g/mol. The number of nitrogens with two attached hydrogens (primary N) is 1. The van der Waals surface area contributed by atoms with Crippen LogP contribution >= 0.6 is 0 Å². The minimum Gasteiger partial charge on any atom is -0.481 e. The third-order valence-electron chi connectivity index (χ3n) is 2.80. The molecule has 0 saturated heterocycles. The summed E-state index contributed by atoms with van der Waals surface area (Å²) in [6.07, 6.45) is 0. The first-order chi connectivity index (χ1) is 9.17. The Bertz CT molecular complexity index is 753. The molecule has 0 amide bonds. The fraction of sp³-hybridized carbons (Fsp3) is 0.0769. The van der Waals surface area contributed by atoms with Gasteiger partial charge in [0.25, 0.3) is 0 Å². The number of aromatic nitrogens is 3. The van der Waals surface area contributed by atoms with E-state index in [1.165, 1.54) is 25.3 Å². The summed E-state index contributed by atoms with van der Waals surface area (Å²) in [5.74, 6) is 0.584. The Labute approximate surface area is 108 Å². The van der Waals surface area contributed by atoms with Crippen LogP contribution < -0.4 is 10.5 Å². The van der Waals surface area contributed by atoms with E-state index in [-0.39, 0.29) is 5.82 Å². The zero-order chi connectivity index (χ0) is 13.4. The minimum absolute atomic E-state index is 0.366. The van der Waals surface area contributed by atoms with Crippen molar-refractivity contribution in [2.75, 3.05) is 12.8 Å². The molecule has 0 aliphatic carbocycles. The summed E-state index contributed by atoms with van der Waals surface area (Å²) < 4.78 is 18.3. The van der Waals surface area contributed by atoms with Gasteiger partial charge in [-0.3, -0.25) is 0 Å². The van der Waals surface area contributed by atoms with E-state index in [0.717, 1.165) is 5.52 Å². The first-order valence-corrected chi connectivity index (χ1v) is 5.63. The predicted octanol–water partition coefficient (Wildman–Crippen LogP) is 2.35. The molecule has 96 valence electrons. The van der Waals surface area contributed by atoms with Crippen LogP contribution in [0.3, 0.4) is 0 Å². The summed E-state index contributed by atoms with van der Waals surface area (Å²) >= 11 is 0. The van der Waals surface area contributed by atoms with Crippen molar-refractivity contribution in [1.82, 2.24) is 15.0 Å². The quantitative estimate of drug-likeness (QED) is 0.692. The van der Waals surface area contributed by atoms with Gasteiger partial charge in [0.1, 0.15) is 11.6 Å². The molecule has 0 aliphatic rings. The van der Waals surface area contributed by atoms with Gasteiger partial charge in [0.15, 0.2) is 5.65 Å². The summed E-state index contributed by atoms with van der Waals surface area (Å²) in [5, 5.41) is 0. The largest absolute Gasteiger partial charge is 0.481 e. The lowest BCUT2D eigenvalue weighted by atomic mass is 10.1. The van der Waals surface area contributed by atoms with Gasteiger partial charge in [0.2, 0.25) is 5.88 Å². The minimum atomic E-state index is -0.366. The predicted molar refractivity (Wildman–Crippen MR) is 70.2 cm³/mol. The molecule has 0 bridgehead atoms. The van der Waals surface area contributed by atoms with Crippen LogP contribution in [0.25, 0.3) is 22.6 Å². The molecule has 19 heavy (non-hydrogen) atoms. The smallest absolute Gasteiger partial charge is 0.215 e. The molecule has 0 aliphatic heterocycles. The van der Waals surface area contributed by atoms with Crippen LogP contribution in [0.1, 0.15) is 0 Å². The van der Waals surface area contributed by atoms with E-state index in [0.29, 0.717) is 28.6 Å². The van der Waals surface area contributed by atoms with Gasteiger partial charge in [-0.2, -0.15) is 4.98 Å². The Morgan fingerprint density at radius 2 is 2.05 bits per heavy atom. The molecule has 6 heteroatoms. The van der Waals surface area contributed by atoms with Crippen molar-refractivity contribution in [2.24, 2.45) is 0 Å². The number of halogens is 1. The Balaban J connectivity index is 2.17. The maximum absolute atomic E-state index is 13.3. The van der Waals surface area contributed by atoms with Gasteiger partial charge < -0.3 is 15.5 Å². The molecular formula is C13H11FN4O. The van der Waals surface area contributed by atoms with Crippen molar-refractivity contribution < 1.29 is 9.13 Å². The third kappa shape index (κ3) is 1.97. The molecule has 3 N–H and O–H groups in total. The van der Waals surface area contributed by atoms with Crippen molar-refractivity contribution in [3.63, 3.8) is 0 Å². The standard InChI is InChI=1S/C13H11FN4O/c1-19-11-5-4-10-13(17-11)18-12(16-10)8-6-7(14)2-3-9(8)15/h2-6H,15H2,1H3,(H,16,17,18). The number of aromatic amines is 1. The van der Waals surface area contributed by atoms with E-state index in [9.17, 15) is 4.39 Å². The number of pyridine rings is 1. The maximum atomic E-state index is 13.3. The second kappa shape index (κ2) is 4.24. The highest BCUT2D eigenvalue weighted by Crippen LogP contribution is 2.26. The molecule has 0 radical (unpaired) electrons. The Morgan fingerprint density at radius 3 is 2.84 bits per heavy atom.